The molecule has 0 heterocycles. The lowest BCUT2D eigenvalue weighted by molar-refractivity contribution is -0.474. The zero-order valence-electron chi connectivity index (χ0n) is 7.60. The van der Waals surface area contributed by atoms with E-state index >= 15 is 0 Å². The number of benzene rings is 1. The van der Waals surface area contributed by atoms with Crippen LogP contribution in [0.4, 0.5) is 0 Å². The molecule has 1 aromatic carbocycles. The van der Waals surface area contributed by atoms with Gasteiger partial charge in [-0.1, -0.05) is 24.3 Å². The molecule has 0 atom stereocenters. The lowest BCUT2D eigenvalue weighted by Gasteiger charge is -2.41. The summed E-state index contributed by atoms with van der Waals surface area (Å²) in [4.78, 5) is 22.1. The van der Waals surface area contributed by atoms with E-state index in [0.717, 1.165) is 11.1 Å². The van der Waals surface area contributed by atoms with Crippen molar-refractivity contribution in [2.24, 2.45) is 0 Å². The van der Waals surface area contributed by atoms with Gasteiger partial charge in [-0.25, -0.2) is 0 Å². The van der Waals surface area contributed by atoms with Crippen LogP contribution in [0.1, 0.15) is 11.1 Å². The van der Waals surface area contributed by atoms with Crippen molar-refractivity contribution in [2.45, 2.75) is 18.1 Å². The first-order valence-electron chi connectivity index (χ1n) is 4.37. The summed E-state index contributed by atoms with van der Waals surface area (Å²) in [6, 6.07) is 7.37. The van der Waals surface area contributed by atoms with Crippen molar-refractivity contribution < 1.29 is 20.1 Å². The maximum Gasteiger partial charge on any atom is 0.128 e. The first-order chi connectivity index (χ1) is 6.42. The van der Waals surface area contributed by atoms with Crippen molar-refractivity contribution in [3.8, 4) is 0 Å². The molecule has 0 bridgehead atoms. The number of hydrogen-bond donors (Lipinski definition) is 1. The normalized spacial score (nSPS) is 19.4. The second kappa shape index (κ2) is 2.91. The second-order valence-corrected chi connectivity index (χ2v) is 5.79. The molecule has 0 unspecified atom stereocenters. The van der Waals surface area contributed by atoms with Crippen LogP contribution in [0.2, 0.25) is 0 Å². The summed E-state index contributed by atoms with van der Waals surface area (Å²) in [6.45, 7) is 0. The second-order valence-electron chi connectivity index (χ2n) is 3.84. The van der Waals surface area contributed by atoms with Crippen molar-refractivity contribution >= 4 is 7.60 Å². The van der Waals surface area contributed by atoms with Crippen molar-refractivity contribution in [2.75, 3.05) is 0 Å². The van der Waals surface area contributed by atoms with E-state index in [2.05, 4.69) is 5.73 Å². The molecule has 0 aromatic heterocycles. The Kier molecular flexibility index (Phi) is 2.05. The quantitative estimate of drug-likeness (QED) is 0.582. The molecule has 1 aliphatic carbocycles. The van der Waals surface area contributed by atoms with Gasteiger partial charge in [-0.2, -0.15) is 0 Å². The van der Waals surface area contributed by atoms with E-state index in [4.69, 9.17) is 0 Å². The van der Waals surface area contributed by atoms with Gasteiger partial charge in [0.15, 0.2) is 0 Å². The third-order valence-electron chi connectivity index (χ3n) is 2.74. The smallest absolute Gasteiger partial charge is 0.128 e. The van der Waals surface area contributed by atoms with Crippen LogP contribution in [-0.2, 0) is 17.4 Å². The first-order valence-corrected chi connectivity index (χ1v) is 5.91. The highest BCUT2D eigenvalue weighted by Crippen LogP contribution is 2.45. The summed E-state index contributed by atoms with van der Waals surface area (Å²) < 4.78 is 11.0. The van der Waals surface area contributed by atoms with Gasteiger partial charge in [0.2, 0.25) is 0 Å². The van der Waals surface area contributed by atoms with Gasteiger partial charge >= 0.3 is 0 Å². The Morgan fingerprint density at radius 3 is 2.00 bits per heavy atom. The summed E-state index contributed by atoms with van der Waals surface area (Å²) in [5, 5.41) is -1.36. The lowest BCUT2D eigenvalue weighted by atomic mass is 10.1. The third kappa shape index (κ3) is 1.41. The van der Waals surface area contributed by atoms with E-state index in [9.17, 15) is 14.4 Å². The summed E-state index contributed by atoms with van der Waals surface area (Å²) in [5.41, 5.74) is 5.42. The van der Waals surface area contributed by atoms with Crippen molar-refractivity contribution in [1.82, 2.24) is 0 Å². The molecular weight excluding hydrogens is 201 g/mol. The Hall–Kier alpha value is -0.670. The van der Waals surface area contributed by atoms with Crippen LogP contribution >= 0.6 is 7.60 Å². The molecule has 0 fully saturated rings. The van der Waals surface area contributed by atoms with Crippen molar-refractivity contribution in [3.63, 3.8) is 0 Å². The number of hydrogen-bond acceptors (Lipinski definition) is 3. The minimum atomic E-state index is -4.62. The van der Waals surface area contributed by atoms with Gasteiger partial charge < -0.3 is 20.1 Å². The average Bonchev–Trinajstić information content (AvgIpc) is 2.40. The van der Waals surface area contributed by atoms with E-state index in [-0.39, 0.29) is 12.8 Å². The molecule has 1 aromatic rings. The molecule has 2 rings (SSSR count). The Labute approximate surface area is 81.9 Å². The van der Waals surface area contributed by atoms with E-state index in [1.165, 1.54) is 0 Å². The van der Waals surface area contributed by atoms with Crippen LogP contribution in [0.25, 0.3) is 0 Å². The summed E-state index contributed by atoms with van der Waals surface area (Å²) >= 11 is 0. The predicted octanol–water partition coefficient (Wildman–Crippen LogP) is -1.36. The molecule has 5 heteroatoms. The molecule has 76 valence electrons. The van der Waals surface area contributed by atoms with Crippen LogP contribution in [0.5, 0.6) is 0 Å². The van der Waals surface area contributed by atoms with E-state index in [0.29, 0.717) is 0 Å². The number of rotatable bonds is 1. The molecule has 3 N–H and O–H groups in total. The molecule has 1 aliphatic rings. The van der Waals surface area contributed by atoms with Crippen LogP contribution in [0.15, 0.2) is 24.3 Å². The fourth-order valence-electron chi connectivity index (χ4n) is 1.87. The van der Waals surface area contributed by atoms with E-state index in [1.807, 2.05) is 24.3 Å². The topological polar surface area (TPSA) is 90.8 Å². The highest BCUT2D eigenvalue weighted by Gasteiger charge is 2.40. The van der Waals surface area contributed by atoms with Gasteiger partial charge in [-0.05, 0) is 18.7 Å². The Bertz CT molecular complexity index is 387. The molecule has 4 nitrogen and oxygen atoms in total. The van der Waals surface area contributed by atoms with Gasteiger partial charge in [0.05, 0.1) is 0 Å². The Morgan fingerprint density at radius 2 is 1.64 bits per heavy atom. The van der Waals surface area contributed by atoms with Crippen molar-refractivity contribution in [3.05, 3.63) is 35.4 Å². The first kappa shape index (κ1) is 9.87. The third-order valence-corrected chi connectivity index (χ3v) is 4.22. The SMILES string of the molecule is [NH3+]C1(P(=O)([O-])[O-])Cc2ccccc2C1. The van der Waals surface area contributed by atoms with Gasteiger partial charge in [0, 0.05) is 12.8 Å². The highest BCUT2D eigenvalue weighted by atomic mass is 31.2. The molecule has 0 radical (unpaired) electrons. The molecule has 0 saturated heterocycles. The van der Waals surface area contributed by atoms with Gasteiger partial charge in [-0.3, -0.25) is 0 Å². The molecule has 14 heavy (non-hydrogen) atoms. The zero-order valence-corrected chi connectivity index (χ0v) is 8.50. The Morgan fingerprint density at radius 1 is 1.21 bits per heavy atom. The fraction of sp³-hybridized carbons (Fsp3) is 0.333. The minimum Gasteiger partial charge on any atom is -0.806 e. The zero-order chi connectivity index (χ0) is 10.4. The molecule has 0 spiro atoms. The summed E-state index contributed by atoms with van der Waals surface area (Å²) in [6.07, 6.45) is 0.487. The van der Waals surface area contributed by atoms with Gasteiger partial charge in [-0.15, -0.1) is 0 Å². The largest absolute Gasteiger partial charge is 0.806 e. The monoisotopic (exact) mass is 212 g/mol. The maximum atomic E-state index is 11.0. The molecule has 0 saturated carbocycles. The van der Waals surface area contributed by atoms with Crippen molar-refractivity contribution in [1.29, 1.82) is 0 Å². The summed E-state index contributed by atoms with van der Waals surface area (Å²) in [7, 11) is -4.62. The summed E-state index contributed by atoms with van der Waals surface area (Å²) in [5.74, 6) is 0. The van der Waals surface area contributed by atoms with Crippen LogP contribution in [0, 0.1) is 0 Å². The number of fused-ring (bicyclic) bond motifs is 1. The Balaban J connectivity index is 2.40. The lowest BCUT2D eigenvalue weighted by Crippen LogP contribution is -2.75. The number of quaternary nitrogens is 1. The fourth-order valence-corrected chi connectivity index (χ4v) is 2.60. The minimum absolute atomic E-state index is 0.244. The van der Waals surface area contributed by atoms with Gasteiger partial charge in [0.1, 0.15) is 5.28 Å². The van der Waals surface area contributed by atoms with Crippen LogP contribution in [0.3, 0.4) is 0 Å². The predicted molar refractivity (Wildman–Crippen MR) is 47.1 cm³/mol. The van der Waals surface area contributed by atoms with E-state index in [1.54, 1.807) is 0 Å². The molecular formula is C9H11NO3P-. The molecule has 0 amide bonds. The van der Waals surface area contributed by atoms with Crippen LogP contribution < -0.4 is 15.5 Å². The standard InChI is InChI=1S/C9H12NO3P/c10-9(14(11,12)13)5-7-3-1-2-4-8(7)6-9/h1-4H,5-6,10H2,(H2,11,12,13)/p-1. The maximum absolute atomic E-state index is 11.0. The highest BCUT2D eigenvalue weighted by molar-refractivity contribution is 7.50. The molecule has 0 aliphatic heterocycles. The van der Waals surface area contributed by atoms with Crippen LogP contribution in [-0.4, -0.2) is 5.28 Å². The van der Waals surface area contributed by atoms with E-state index < -0.39 is 12.9 Å². The average molecular weight is 212 g/mol. The van der Waals surface area contributed by atoms with Gasteiger partial charge in [0.25, 0.3) is 0 Å².